The number of carboxylic acid groups (broad SMARTS) is 1. The van der Waals surface area contributed by atoms with Crippen molar-refractivity contribution in [1.82, 2.24) is 4.72 Å². The third kappa shape index (κ3) is 7.31. The van der Waals surface area contributed by atoms with Gasteiger partial charge in [0.1, 0.15) is 18.4 Å². The zero-order chi connectivity index (χ0) is 23.8. The lowest BCUT2D eigenvalue weighted by Crippen LogP contribution is -2.47. The molecule has 0 aliphatic carbocycles. The second-order valence-corrected chi connectivity index (χ2v) is 9.16. The van der Waals surface area contributed by atoms with Crippen LogP contribution in [0.5, 0.6) is 5.75 Å². The van der Waals surface area contributed by atoms with Crippen LogP contribution < -0.4 is 14.8 Å². The second-order valence-electron chi connectivity index (χ2n) is 7.01. The molecule has 0 spiro atoms. The summed E-state index contributed by atoms with van der Waals surface area (Å²) in [4.78, 5) is 23.7. The summed E-state index contributed by atoms with van der Waals surface area (Å²) in [5, 5.41) is 11.9. The highest BCUT2D eigenvalue weighted by Crippen LogP contribution is 2.16. The lowest BCUT2D eigenvalue weighted by Gasteiger charge is -2.19. The predicted octanol–water partition coefficient (Wildman–Crippen LogP) is 3.33. The summed E-state index contributed by atoms with van der Waals surface area (Å²) in [5.41, 5.74) is 0.942. The zero-order valence-electron chi connectivity index (χ0n) is 17.3. The van der Waals surface area contributed by atoms with Crippen molar-refractivity contribution in [2.45, 2.75) is 17.4 Å². The van der Waals surface area contributed by atoms with Crippen LogP contribution in [0.1, 0.15) is 5.56 Å². The third-order valence-corrected chi connectivity index (χ3v) is 6.21. The van der Waals surface area contributed by atoms with E-state index < -0.39 is 27.9 Å². The molecule has 8 nitrogen and oxygen atoms in total. The van der Waals surface area contributed by atoms with Gasteiger partial charge in [0.15, 0.2) is 0 Å². The molecule has 0 aliphatic heterocycles. The molecule has 1 atom stereocenters. The number of carbonyl (C=O) groups excluding carboxylic acids is 1. The monoisotopic (exact) mass is 488 g/mol. The van der Waals surface area contributed by atoms with E-state index in [1.54, 1.807) is 54.6 Å². The van der Waals surface area contributed by atoms with E-state index in [0.717, 1.165) is 0 Å². The van der Waals surface area contributed by atoms with Crippen molar-refractivity contribution in [2.75, 3.05) is 11.9 Å². The normalized spacial score (nSPS) is 12.0. The number of para-hydroxylation sites is 1. The fraction of sp³-hybridized carbons (Fsp3) is 0.130. The number of anilines is 1. The van der Waals surface area contributed by atoms with E-state index in [1.807, 2.05) is 0 Å². The van der Waals surface area contributed by atoms with Crippen molar-refractivity contribution in [3.05, 3.63) is 89.4 Å². The summed E-state index contributed by atoms with van der Waals surface area (Å²) in [6.45, 7) is -0.264. The number of rotatable bonds is 10. The van der Waals surface area contributed by atoms with E-state index in [4.69, 9.17) is 21.4 Å². The molecule has 0 saturated heterocycles. The molecule has 1 amide bonds. The summed E-state index contributed by atoms with van der Waals surface area (Å²) in [6, 6.07) is 19.2. The second kappa shape index (κ2) is 11.0. The van der Waals surface area contributed by atoms with E-state index in [-0.39, 0.29) is 17.9 Å². The molecule has 172 valence electrons. The van der Waals surface area contributed by atoms with Crippen LogP contribution in [0, 0.1) is 0 Å². The quantitative estimate of drug-likeness (QED) is 0.402. The average Bonchev–Trinajstić information content (AvgIpc) is 2.78. The number of aliphatic carboxylic acids is 1. The van der Waals surface area contributed by atoms with Gasteiger partial charge in [-0.2, -0.15) is 4.72 Å². The summed E-state index contributed by atoms with van der Waals surface area (Å²) >= 11 is 5.83. The standard InChI is InChI=1S/C23H21ClN2O6S/c24-17-8-12-20(13-9-17)33(30,31)26-21(15-32-19-4-2-1-3-5-19)23(29)25-18-10-6-16(7-11-18)14-22(27)28/h1-13,21,26H,14-15H2,(H,25,29)(H,27,28). The first kappa shape index (κ1) is 24.2. The molecule has 10 heteroatoms. The summed E-state index contributed by atoms with van der Waals surface area (Å²) < 4.78 is 33.6. The van der Waals surface area contributed by atoms with Crippen LogP contribution in [0.25, 0.3) is 0 Å². The maximum Gasteiger partial charge on any atom is 0.307 e. The molecule has 0 aromatic heterocycles. The van der Waals surface area contributed by atoms with Crippen LogP contribution in [0.4, 0.5) is 5.69 Å². The molecule has 3 rings (SSSR count). The molecule has 3 N–H and O–H groups in total. The molecule has 3 aromatic rings. The Kier molecular flexibility index (Phi) is 8.05. The minimum Gasteiger partial charge on any atom is -0.491 e. The van der Waals surface area contributed by atoms with Crippen molar-refractivity contribution in [3.63, 3.8) is 0 Å². The Morgan fingerprint density at radius 1 is 0.939 bits per heavy atom. The van der Waals surface area contributed by atoms with Gasteiger partial charge in [0.2, 0.25) is 15.9 Å². The number of carbonyl (C=O) groups is 2. The lowest BCUT2D eigenvalue weighted by atomic mass is 10.1. The van der Waals surface area contributed by atoms with E-state index in [1.165, 1.54) is 24.3 Å². The summed E-state index contributed by atoms with van der Waals surface area (Å²) in [5.74, 6) is -1.14. The van der Waals surface area contributed by atoms with Crippen LogP contribution in [0.2, 0.25) is 5.02 Å². The number of ether oxygens (including phenoxy) is 1. The number of hydrogen-bond acceptors (Lipinski definition) is 5. The number of carboxylic acids is 1. The summed E-state index contributed by atoms with van der Waals surface area (Å²) in [7, 11) is -4.05. The largest absolute Gasteiger partial charge is 0.491 e. The van der Waals surface area contributed by atoms with Gasteiger partial charge in [-0.15, -0.1) is 0 Å². The van der Waals surface area contributed by atoms with E-state index in [9.17, 15) is 18.0 Å². The number of halogens is 1. The number of sulfonamides is 1. The molecule has 0 radical (unpaired) electrons. The first-order valence-electron chi connectivity index (χ1n) is 9.80. The van der Waals surface area contributed by atoms with Crippen molar-refractivity contribution < 1.29 is 27.9 Å². The van der Waals surface area contributed by atoms with Crippen molar-refractivity contribution in [1.29, 1.82) is 0 Å². The van der Waals surface area contributed by atoms with Gasteiger partial charge in [-0.3, -0.25) is 9.59 Å². The maximum atomic E-state index is 12.9. The van der Waals surface area contributed by atoms with Crippen LogP contribution in [0.15, 0.2) is 83.8 Å². The highest BCUT2D eigenvalue weighted by atomic mass is 35.5. The van der Waals surface area contributed by atoms with E-state index in [2.05, 4.69) is 10.0 Å². The molecule has 1 unspecified atom stereocenters. The molecule has 0 bridgehead atoms. The van der Waals surface area contributed by atoms with Gasteiger partial charge in [0.25, 0.3) is 0 Å². The highest BCUT2D eigenvalue weighted by Gasteiger charge is 2.27. The fourth-order valence-electron chi connectivity index (χ4n) is 2.84. The Hall–Kier alpha value is -3.40. The summed E-state index contributed by atoms with van der Waals surface area (Å²) in [6.07, 6.45) is -0.150. The van der Waals surface area contributed by atoms with Gasteiger partial charge < -0.3 is 15.2 Å². The van der Waals surface area contributed by atoms with Crippen LogP contribution in [-0.4, -0.2) is 38.0 Å². The van der Waals surface area contributed by atoms with E-state index >= 15 is 0 Å². The minimum atomic E-state index is -4.05. The predicted molar refractivity (Wildman–Crippen MR) is 124 cm³/mol. The van der Waals surface area contributed by atoms with Crippen molar-refractivity contribution in [3.8, 4) is 5.75 Å². The Morgan fingerprint density at radius 2 is 1.58 bits per heavy atom. The third-order valence-electron chi connectivity index (χ3n) is 4.47. The van der Waals surface area contributed by atoms with Gasteiger partial charge in [0.05, 0.1) is 11.3 Å². The van der Waals surface area contributed by atoms with Crippen LogP contribution >= 0.6 is 11.6 Å². The van der Waals surface area contributed by atoms with Gasteiger partial charge in [-0.05, 0) is 54.1 Å². The minimum absolute atomic E-state index is 0.0533. The maximum absolute atomic E-state index is 12.9. The van der Waals surface area contributed by atoms with Gasteiger partial charge in [0, 0.05) is 10.7 Å². The Morgan fingerprint density at radius 3 is 2.18 bits per heavy atom. The van der Waals surface area contributed by atoms with Crippen molar-refractivity contribution >= 4 is 39.2 Å². The SMILES string of the molecule is O=C(O)Cc1ccc(NC(=O)C(COc2ccccc2)NS(=O)(=O)c2ccc(Cl)cc2)cc1. The number of amides is 1. The molecular weight excluding hydrogens is 468 g/mol. The van der Waals surface area contributed by atoms with Crippen molar-refractivity contribution in [2.24, 2.45) is 0 Å². The lowest BCUT2D eigenvalue weighted by molar-refractivity contribution is -0.136. The van der Waals surface area contributed by atoms with Gasteiger partial charge in [-0.1, -0.05) is 41.9 Å². The van der Waals surface area contributed by atoms with Gasteiger partial charge in [-0.25, -0.2) is 8.42 Å². The molecule has 33 heavy (non-hydrogen) atoms. The first-order valence-corrected chi connectivity index (χ1v) is 11.7. The Balaban J connectivity index is 1.77. The smallest absolute Gasteiger partial charge is 0.307 e. The number of nitrogens with one attached hydrogen (secondary N) is 2. The fourth-order valence-corrected chi connectivity index (χ4v) is 4.14. The highest BCUT2D eigenvalue weighted by molar-refractivity contribution is 7.89. The Bertz CT molecular complexity index is 1200. The molecule has 0 fully saturated rings. The topological polar surface area (TPSA) is 122 Å². The molecule has 0 saturated carbocycles. The van der Waals surface area contributed by atoms with E-state index in [0.29, 0.717) is 22.0 Å². The molecule has 0 aliphatic rings. The molecular formula is C23H21ClN2O6S. The molecule has 3 aromatic carbocycles. The zero-order valence-corrected chi connectivity index (χ0v) is 18.8. The number of hydrogen-bond donors (Lipinski definition) is 3. The average molecular weight is 489 g/mol. The Labute approximate surface area is 196 Å². The number of benzene rings is 3. The van der Waals surface area contributed by atoms with Gasteiger partial charge >= 0.3 is 5.97 Å². The van der Waals surface area contributed by atoms with Crippen LogP contribution in [0.3, 0.4) is 0 Å². The van der Waals surface area contributed by atoms with Crippen LogP contribution in [-0.2, 0) is 26.0 Å². The molecule has 0 heterocycles. The first-order chi connectivity index (χ1) is 15.7.